The van der Waals surface area contributed by atoms with Crippen LogP contribution in [0.3, 0.4) is 0 Å². The second kappa shape index (κ2) is 7.50. The zero-order chi connectivity index (χ0) is 19.7. The fourth-order valence-electron chi connectivity index (χ4n) is 2.40. The molecule has 1 fully saturated rings. The van der Waals surface area contributed by atoms with Crippen LogP contribution in [0.2, 0.25) is 0 Å². The van der Waals surface area contributed by atoms with Gasteiger partial charge in [-0.2, -0.15) is 17.0 Å². The van der Waals surface area contributed by atoms with Crippen molar-refractivity contribution in [1.82, 2.24) is 22.8 Å². The smallest absolute Gasteiger partial charge is 0.203 e. The van der Waals surface area contributed by atoms with Crippen molar-refractivity contribution in [2.45, 2.75) is 24.0 Å². The van der Waals surface area contributed by atoms with Gasteiger partial charge in [-0.1, -0.05) is 42.5 Å². The van der Waals surface area contributed by atoms with Crippen LogP contribution in [0.25, 0.3) is 6.08 Å². The first-order valence-corrected chi connectivity index (χ1v) is 11.1. The molecule has 2 aromatic rings. The average Bonchev–Trinajstić information content (AvgIpc) is 3.32. The predicted molar refractivity (Wildman–Crippen MR) is 100 cm³/mol. The standard InChI is InChI=1S/C16H21N5O4S2/c1-19(2)27(24,25)21-13-17-16(18-21)26(22,23)20(15-10-11-15)12-6-9-14-7-4-3-5-8-14/h3-9,13,15H,10-12H2,1-2H3. The van der Waals surface area contributed by atoms with Crippen LogP contribution in [0.5, 0.6) is 0 Å². The summed E-state index contributed by atoms with van der Waals surface area (Å²) in [6.45, 7) is 0.164. The highest BCUT2D eigenvalue weighted by molar-refractivity contribution is 7.89. The van der Waals surface area contributed by atoms with Crippen LogP contribution >= 0.6 is 0 Å². The van der Waals surface area contributed by atoms with Crippen LogP contribution in [0, 0.1) is 0 Å². The molecule has 0 N–H and O–H groups in total. The molecule has 1 aliphatic carbocycles. The maximum atomic E-state index is 12.9. The van der Waals surface area contributed by atoms with Crippen molar-refractivity contribution in [2.75, 3.05) is 20.6 Å². The first kappa shape index (κ1) is 19.7. The number of sulfonamides is 1. The molecule has 0 bridgehead atoms. The summed E-state index contributed by atoms with van der Waals surface area (Å²) >= 11 is 0. The molecule has 0 spiro atoms. The van der Waals surface area contributed by atoms with Crippen molar-refractivity contribution in [2.24, 2.45) is 0 Å². The molecule has 1 aliphatic rings. The predicted octanol–water partition coefficient (Wildman–Crippen LogP) is 0.799. The van der Waals surface area contributed by atoms with Crippen molar-refractivity contribution in [3.8, 4) is 0 Å². The second-order valence-electron chi connectivity index (χ2n) is 6.31. The Morgan fingerprint density at radius 2 is 1.81 bits per heavy atom. The van der Waals surface area contributed by atoms with E-state index >= 15 is 0 Å². The Hall–Kier alpha value is -2.08. The van der Waals surface area contributed by atoms with Gasteiger partial charge in [0, 0.05) is 26.7 Å². The maximum Gasteiger partial charge on any atom is 0.323 e. The summed E-state index contributed by atoms with van der Waals surface area (Å²) in [6, 6.07) is 9.42. The number of rotatable bonds is 8. The lowest BCUT2D eigenvalue weighted by molar-refractivity contribution is 0.430. The van der Waals surface area contributed by atoms with Crippen LogP contribution in [0.4, 0.5) is 0 Å². The van der Waals surface area contributed by atoms with Crippen LogP contribution < -0.4 is 0 Å². The maximum absolute atomic E-state index is 12.9. The third-order valence-corrected chi connectivity index (χ3v) is 7.32. The Balaban J connectivity index is 1.83. The molecule has 1 heterocycles. The molecular weight excluding hydrogens is 390 g/mol. The Labute approximate surface area is 159 Å². The summed E-state index contributed by atoms with van der Waals surface area (Å²) < 4.78 is 52.8. The van der Waals surface area contributed by atoms with Crippen molar-refractivity contribution in [1.29, 1.82) is 0 Å². The summed E-state index contributed by atoms with van der Waals surface area (Å²) in [5.41, 5.74) is 0.963. The van der Waals surface area contributed by atoms with Gasteiger partial charge in [0.05, 0.1) is 0 Å². The van der Waals surface area contributed by atoms with Crippen LogP contribution in [0.15, 0.2) is 47.9 Å². The van der Waals surface area contributed by atoms with Gasteiger partial charge in [0.2, 0.25) is 0 Å². The van der Waals surface area contributed by atoms with Gasteiger partial charge in [0.15, 0.2) is 0 Å². The minimum Gasteiger partial charge on any atom is -0.203 e. The lowest BCUT2D eigenvalue weighted by Gasteiger charge is -2.18. The molecule has 0 atom stereocenters. The highest BCUT2D eigenvalue weighted by atomic mass is 32.2. The number of hydrogen-bond donors (Lipinski definition) is 0. The van der Waals surface area contributed by atoms with E-state index in [0.717, 1.165) is 29.0 Å². The lowest BCUT2D eigenvalue weighted by atomic mass is 10.2. The largest absolute Gasteiger partial charge is 0.323 e. The molecule has 9 nitrogen and oxygen atoms in total. The molecule has 1 aromatic carbocycles. The monoisotopic (exact) mass is 411 g/mol. The molecule has 0 aliphatic heterocycles. The van der Waals surface area contributed by atoms with Gasteiger partial charge < -0.3 is 0 Å². The zero-order valence-corrected chi connectivity index (χ0v) is 16.6. The van der Waals surface area contributed by atoms with E-state index in [2.05, 4.69) is 10.1 Å². The van der Waals surface area contributed by atoms with Crippen LogP contribution in [-0.2, 0) is 20.2 Å². The Morgan fingerprint density at radius 3 is 2.41 bits per heavy atom. The molecule has 1 saturated carbocycles. The summed E-state index contributed by atoms with van der Waals surface area (Å²) in [6.07, 6.45) is 6.02. The zero-order valence-electron chi connectivity index (χ0n) is 15.0. The normalized spacial score (nSPS) is 15.9. The molecule has 0 radical (unpaired) electrons. The van der Waals surface area contributed by atoms with E-state index in [1.165, 1.54) is 18.4 Å². The first-order chi connectivity index (χ1) is 12.7. The summed E-state index contributed by atoms with van der Waals surface area (Å²) in [5, 5.41) is 3.17. The van der Waals surface area contributed by atoms with Crippen molar-refractivity contribution < 1.29 is 16.8 Å². The third kappa shape index (κ3) is 4.26. The minimum atomic E-state index is -4.00. The van der Waals surface area contributed by atoms with E-state index in [-0.39, 0.29) is 12.6 Å². The van der Waals surface area contributed by atoms with E-state index in [9.17, 15) is 16.8 Å². The quantitative estimate of drug-likeness (QED) is 0.636. The molecule has 146 valence electrons. The highest BCUT2D eigenvalue weighted by Gasteiger charge is 2.39. The van der Waals surface area contributed by atoms with E-state index in [1.54, 1.807) is 6.08 Å². The van der Waals surface area contributed by atoms with Crippen LogP contribution in [-0.4, -0.2) is 66.3 Å². The van der Waals surface area contributed by atoms with E-state index in [0.29, 0.717) is 4.09 Å². The molecule has 0 saturated heterocycles. The molecule has 11 heteroatoms. The van der Waals surface area contributed by atoms with Crippen LogP contribution in [0.1, 0.15) is 18.4 Å². The lowest BCUT2D eigenvalue weighted by Crippen LogP contribution is -2.34. The molecule has 3 rings (SSSR count). The Bertz CT molecular complexity index is 1030. The summed E-state index contributed by atoms with van der Waals surface area (Å²) in [7, 11) is -5.26. The molecular formula is C16H21N5O4S2. The van der Waals surface area contributed by atoms with Gasteiger partial charge in [-0.3, -0.25) is 0 Å². The minimum absolute atomic E-state index is 0.118. The fourth-order valence-corrected chi connectivity index (χ4v) is 4.60. The van der Waals surface area contributed by atoms with Crippen molar-refractivity contribution >= 4 is 26.3 Å². The van der Waals surface area contributed by atoms with Gasteiger partial charge in [0.25, 0.3) is 15.2 Å². The van der Waals surface area contributed by atoms with E-state index in [4.69, 9.17) is 0 Å². The number of benzene rings is 1. The second-order valence-corrected chi connectivity index (χ2v) is 10.1. The van der Waals surface area contributed by atoms with Crippen molar-refractivity contribution in [3.63, 3.8) is 0 Å². The Kier molecular flexibility index (Phi) is 5.47. The van der Waals surface area contributed by atoms with Gasteiger partial charge in [-0.25, -0.2) is 13.4 Å². The van der Waals surface area contributed by atoms with E-state index < -0.39 is 25.4 Å². The van der Waals surface area contributed by atoms with E-state index in [1.807, 2.05) is 36.4 Å². The molecule has 27 heavy (non-hydrogen) atoms. The van der Waals surface area contributed by atoms with Gasteiger partial charge in [0.1, 0.15) is 6.33 Å². The number of nitrogens with zero attached hydrogens (tertiary/aromatic N) is 5. The Morgan fingerprint density at radius 1 is 1.15 bits per heavy atom. The summed E-state index contributed by atoms with van der Waals surface area (Å²) in [4.78, 5) is 3.73. The number of hydrogen-bond acceptors (Lipinski definition) is 6. The van der Waals surface area contributed by atoms with Crippen molar-refractivity contribution in [3.05, 3.63) is 48.3 Å². The number of aromatic nitrogens is 3. The fraction of sp³-hybridized carbons (Fsp3) is 0.375. The topological polar surface area (TPSA) is 105 Å². The van der Waals surface area contributed by atoms with Gasteiger partial charge >= 0.3 is 10.2 Å². The first-order valence-electron chi connectivity index (χ1n) is 8.31. The highest BCUT2D eigenvalue weighted by Crippen LogP contribution is 2.31. The average molecular weight is 412 g/mol. The summed E-state index contributed by atoms with van der Waals surface area (Å²) in [5.74, 6) is 0. The molecule has 1 aromatic heterocycles. The molecule has 0 unspecified atom stereocenters. The van der Waals surface area contributed by atoms with Gasteiger partial charge in [-0.15, -0.1) is 9.19 Å². The SMILES string of the molecule is CN(C)S(=O)(=O)n1cnc(S(=O)(=O)N(CC=Cc2ccccc2)C2CC2)n1. The molecule has 0 amide bonds. The van der Waals surface area contributed by atoms with Gasteiger partial charge in [-0.05, 0) is 18.4 Å². The third-order valence-electron chi connectivity index (χ3n) is 4.04.